The van der Waals surface area contributed by atoms with E-state index in [0.717, 1.165) is 32.1 Å². The number of halogens is 6. The molecule has 9 heteroatoms. The minimum Gasteiger partial charge on any atom is -0.484 e. The van der Waals surface area contributed by atoms with E-state index in [0.29, 0.717) is 12.1 Å². The van der Waals surface area contributed by atoms with Crippen molar-refractivity contribution in [2.24, 2.45) is 0 Å². The van der Waals surface area contributed by atoms with Crippen LogP contribution in [0, 0.1) is 0 Å². The van der Waals surface area contributed by atoms with Crippen molar-refractivity contribution in [3.63, 3.8) is 0 Å². The molecule has 0 bridgehead atoms. The third kappa shape index (κ3) is 5.82. The Labute approximate surface area is 140 Å². The van der Waals surface area contributed by atoms with E-state index in [4.69, 9.17) is 4.74 Å². The second kappa shape index (κ2) is 7.53. The van der Waals surface area contributed by atoms with E-state index in [-0.39, 0.29) is 12.1 Å². The first kappa shape index (κ1) is 19.4. The van der Waals surface area contributed by atoms with Gasteiger partial charge in [-0.15, -0.1) is 0 Å². The Kier molecular flexibility index (Phi) is 5.84. The minimum absolute atomic E-state index is 0.00889. The molecule has 1 aliphatic rings. The number of ether oxygens (including phenoxy) is 1. The fourth-order valence-corrected chi connectivity index (χ4v) is 2.67. The molecular formula is C16H17F6NO2. The number of carbonyl (C=O) groups is 1. The van der Waals surface area contributed by atoms with Crippen molar-refractivity contribution < 1.29 is 35.9 Å². The minimum atomic E-state index is -4.95. The number of carbonyl (C=O) groups excluding carboxylic acids is 1. The molecule has 3 nitrogen and oxygen atoms in total. The van der Waals surface area contributed by atoms with Gasteiger partial charge in [0.05, 0.1) is 11.1 Å². The quantitative estimate of drug-likeness (QED) is 0.791. The molecule has 1 N–H and O–H groups in total. The zero-order valence-electron chi connectivity index (χ0n) is 13.1. The molecule has 0 unspecified atom stereocenters. The molecule has 25 heavy (non-hydrogen) atoms. The highest BCUT2D eigenvalue weighted by atomic mass is 19.4. The highest BCUT2D eigenvalue weighted by molar-refractivity contribution is 5.77. The van der Waals surface area contributed by atoms with Crippen LogP contribution in [0.2, 0.25) is 0 Å². The first-order valence-electron chi connectivity index (χ1n) is 7.77. The van der Waals surface area contributed by atoms with Crippen molar-refractivity contribution in [1.29, 1.82) is 0 Å². The number of amides is 1. The maximum absolute atomic E-state index is 12.7. The maximum Gasteiger partial charge on any atom is 0.416 e. The van der Waals surface area contributed by atoms with Crippen LogP contribution in [0.4, 0.5) is 26.3 Å². The van der Waals surface area contributed by atoms with Gasteiger partial charge >= 0.3 is 12.4 Å². The van der Waals surface area contributed by atoms with Gasteiger partial charge in [0.2, 0.25) is 0 Å². The highest BCUT2D eigenvalue weighted by Crippen LogP contribution is 2.38. The van der Waals surface area contributed by atoms with Crippen LogP contribution in [0.3, 0.4) is 0 Å². The monoisotopic (exact) mass is 369 g/mol. The van der Waals surface area contributed by atoms with Crippen LogP contribution in [0.25, 0.3) is 0 Å². The van der Waals surface area contributed by atoms with E-state index in [9.17, 15) is 31.1 Å². The van der Waals surface area contributed by atoms with E-state index in [1.54, 1.807) is 0 Å². The van der Waals surface area contributed by atoms with Gasteiger partial charge in [0.1, 0.15) is 5.75 Å². The number of rotatable bonds is 4. The number of benzene rings is 1. The molecule has 0 atom stereocenters. The molecule has 0 radical (unpaired) electrons. The predicted octanol–water partition coefficient (Wildman–Crippen LogP) is 4.55. The molecule has 0 spiro atoms. The molecule has 1 saturated carbocycles. The largest absolute Gasteiger partial charge is 0.484 e. The molecule has 1 amide bonds. The number of nitrogens with one attached hydrogen (secondary N) is 1. The number of hydrogen-bond donors (Lipinski definition) is 1. The Morgan fingerprint density at radius 3 is 1.96 bits per heavy atom. The Morgan fingerprint density at radius 2 is 1.48 bits per heavy atom. The molecule has 1 aliphatic carbocycles. The van der Waals surface area contributed by atoms with E-state index in [2.05, 4.69) is 5.32 Å². The molecule has 0 aliphatic heterocycles. The zero-order valence-corrected chi connectivity index (χ0v) is 13.1. The third-order valence-corrected chi connectivity index (χ3v) is 3.90. The summed E-state index contributed by atoms with van der Waals surface area (Å²) in [5.41, 5.74) is -2.96. The summed E-state index contributed by atoms with van der Waals surface area (Å²) in [6.45, 7) is -0.644. The van der Waals surface area contributed by atoms with Crippen LogP contribution in [0.15, 0.2) is 18.2 Å². The van der Waals surface area contributed by atoms with Gasteiger partial charge in [0.25, 0.3) is 5.91 Å². The van der Waals surface area contributed by atoms with Crippen molar-refractivity contribution in [3.05, 3.63) is 29.3 Å². The van der Waals surface area contributed by atoms with Gasteiger partial charge in [-0.25, -0.2) is 0 Å². The number of hydrogen-bond acceptors (Lipinski definition) is 2. The smallest absolute Gasteiger partial charge is 0.416 e. The van der Waals surface area contributed by atoms with E-state index >= 15 is 0 Å². The average molecular weight is 369 g/mol. The van der Waals surface area contributed by atoms with E-state index in [1.165, 1.54) is 0 Å². The van der Waals surface area contributed by atoms with Crippen LogP contribution in [-0.2, 0) is 17.1 Å². The van der Waals surface area contributed by atoms with Crippen molar-refractivity contribution in [1.82, 2.24) is 5.32 Å². The van der Waals surface area contributed by atoms with Gasteiger partial charge in [-0.05, 0) is 31.0 Å². The molecule has 1 aromatic carbocycles. The van der Waals surface area contributed by atoms with Crippen LogP contribution < -0.4 is 10.1 Å². The predicted molar refractivity (Wildman–Crippen MR) is 77.0 cm³/mol. The first-order valence-corrected chi connectivity index (χ1v) is 7.77. The first-order chi connectivity index (χ1) is 11.6. The summed E-state index contributed by atoms with van der Waals surface area (Å²) in [5.74, 6) is -1.22. The topological polar surface area (TPSA) is 38.3 Å². The fraction of sp³-hybridized carbons (Fsp3) is 0.562. The molecule has 0 saturated heterocycles. The van der Waals surface area contributed by atoms with Crippen LogP contribution in [-0.4, -0.2) is 18.6 Å². The van der Waals surface area contributed by atoms with Crippen LogP contribution >= 0.6 is 0 Å². The van der Waals surface area contributed by atoms with Crippen LogP contribution in [0.1, 0.15) is 43.2 Å². The fourth-order valence-electron chi connectivity index (χ4n) is 2.67. The average Bonchev–Trinajstić information content (AvgIpc) is 2.52. The summed E-state index contributed by atoms with van der Waals surface area (Å²) in [6, 6.07) is 0.874. The van der Waals surface area contributed by atoms with Gasteiger partial charge in [0, 0.05) is 6.04 Å². The molecular weight excluding hydrogens is 352 g/mol. The summed E-state index contributed by atoms with van der Waals surface area (Å²) >= 11 is 0. The lowest BCUT2D eigenvalue weighted by molar-refractivity contribution is -0.143. The lowest BCUT2D eigenvalue weighted by Gasteiger charge is -2.22. The van der Waals surface area contributed by atoms with Gasteiger partial charge in [-0.2, -0.15) is 26.3 Å². The second-order valence-electron chi connectivity index (χ2n) is 5.93. The second-order valence-corrected chi connectivity index (χ2v) is 5.93. The van der Waals surface area contributed by atoms with Crippen molar-refractivity contribution >= 4 is 5.91 Å². The number of alkyl halides is 6. The Balaban J connectivity index is 2.06. The molecule has 0 heterocycles. The SMILES string of the molecule is O=C(COc1cc(C(F)(F)F)cc(C(F)(F)F)c1)NC1CCCCC1. The Hall–Kier alpha value is -1.93. The van der Waals surface area contributed by atoms with Gasteiger partial charge in [-0.3, -0.25) is 4.79 Å². The summed E-state index contributed by atoms with van der Waals surface area (Å²) in [6.07, 6.45) is -5.30. The van der Waals surface area contributed by atoms with Crippen molar-refractivity contribution in [3.8, 4) is 5.75 Å². The summed E-state index contributed by atoms with van der Waals surface area (Å²) in [7, 11) is 0. The molecule has 1 aromatic rings. The summed E-state index contributed by atoms with van der Waals surface area (Å²) in [4.78, 5) is 11.8. The third-order valence-electron chi connectivity index (χ3n) is 3.90. The summed E-state index contributed by atoms with van der Waals surface area (Å²) < 4.78 is 81.3. The van der Waals surface area contributed by atoms with Crippen LogP contribution in [0.5, 0.6) is 5.75 Å². The van der Waals surface area contributed by atoms with E-state index < -0.39 is 41.7 Å². The highest BCUT2D eigenvalue weighted by Gasteiger charge is 2.37. The molecule has 0 aromatic heterocycles. The van der Waals surface area contributed by atoms with Crippen molar-refractivity contribution in [2.45, 2.75) is 50.5 Å². The Bertz CT molecular complexity index is 573. The Morgan fingerprint density at radius 1 is 0.960 bits per heavy atom. The molecule has 140 valence electrons. The lowest BCUT2D eigenvalue weighted by atomic mass is 9.95. The van der Waals surface area contributed by atoms with Gasteiger partial charge in [-0.1, -0.05) is 19.3 Å². The van der Waals surface area contributed by atoms with Gasteiger partial charge < -0.3 is 10.1 Å². The normalized spacial score (nSPS) is 16.6. The lowest BCUT2D eigenvalue weighted by Crippen LogP contribution is -2.39. The zero-order chi connectivity index (χ0) is 18.7. The van der Waals surface area contributed by atoms with E-state index in [1.807, 2.05) is 0 Å². The standard InChI is InChI=1S/C16H17F6NO2/c17-15(18,19)10-6-11(16(20,21)22)8-13(7-10)25-9-14(24)23-12-4-2-1-3-5-12/h6-8,12H,1-5,9H2,(H,23,24). The van der Waals surface area contributed by atoms with Gasteiger partial charge in [0.15, 0.2) is 6.61 Å². The molecule has 1 fully saturated rings. The summed E-state index contributed by atoms with van der Waals surface area (Å²) in [5, 5.41) is 2.67. The molecule has 2 rings (SSSR count). The van der Waals surface area contributed by atoms with Crippen molar-refractivity contribution in [2.75, 3.05) is 6.61 Å². The maximum atomic E-state index is 12.7.